The van der Waals surface area contributed by atoms with Crippen molar-refractivity contribution >= 4 is 11.6 Å². The van der Waals surface area contributed by atoms with Gasteiger partial charge in [-0.2, -0.15) is 5.48 Å². The number of nitrogens with one attached hydrogen (secondary N) is 2. The van der Waals surface area contributed by atoms with E-state index in [2.05, 4.69) is 10.8 Å². The highest BCUT2D eigenvalue weighted by Gasteiger charge is 2.02. The molecular formula is C15H15FN2O2. The van der Waals surface area contributed by atoms with Gasteiger partial charge in [0.05, 0.1) is 6.61 Å². The molecule has 5 heteroatoms. The van der Waals surface area contributed by atoms with Gasteiger partial charge in [-0.25, -0.2) is 4.39 Å². The molecule has 20 heavy (non-hydrogen) atoms. The third-order valence-corrected chi connectivity index (χ3v) is 2.54. The maximum absolute atomic E-state index is 12.7. The highest BCUT2D eigenvalue weighted by Crippen LogP contribution is 2.07. The Labute approximate surface area is 116 Å². The second kappa shape index (κ2) is 7.37. The average Bonchev–Trinajstić information content (AvgIpc) is 2.47. The summed E-state index contributed by atoms with van der Waals surface area (Å²) in [6.45, 7) is 0.398. The third kappa shape index (κ3) is 4.79. The molecule has 1 amide bonds. The summed E-state index contributed by atoms with van der Waals surface area (Å²) < 4.78 is 12.7. The van der Waals surface area contributed by atoms with Crippen molar-refractivity contribution in [3.63, 3.8) is 0 Å². The van der Waals surface area contributed by atoms with Crippen molar-refractivity contribution in [2.75, 3.05) is 11.9 Å². The minimum Gasteiger partial charge on any atom is -0.325 e. The lowest BCUT2D eigenvalue weighted by Crippen LogP contribution is -2.28. The molecule has 2 aromatic carbocycles. The lowest BCUT2D eigenvalue weighted by Gasteiger charge is -2.07. The molecule has 0 radical (unpaired) electrons. The van der Waals surface area contributed by atoms with Crippen LogP contribution in [0.4, 0.5) is 10.1 Å². The molecule has 104 valence electrons. The number of halogens is 1. The summed E-state index contributed by atoms with van der Waals surface area (Å²) >= 11 is 0. The minimum absolute atomic E-state index is 0.0181. The number of rotatable bonds is 6. The van der Waals surface area contributed by atoms with Gasteiger partial charge in [0.2, 0.25) is 5.91 Å². The first kappa shape index (κ1) is 14.2. The Morgan fingerprint density at radius 2 is 1.75 bits per heavy atom. The van der Waals surface area contributed by atoms with Gasteiger partial charge in [-0.05, 0) is 29.8 Å². The van der Waals surface area contributed by atoms with Crippen LogP contribution in [0.15, 0.2) is 54.6 Å². The van der Waals surface area contributed by atoms with Crippen LogP contribution in [0.3, 0.4) is 0 Å². The van der Waals surface area contributed by atoms with Crippen LogP contribution >= 0.6 is 0 Å². The zero-order valence-electron chi connectivity index (χ0n) is 10.8. The van der Waals surface area contributed by atoms with E-state index in [9.17, 15) is 9.18 Å². The van der Waals surface area contributed by atoms with Crippen LogP contribution in [0.1, 0.15) is 5.56 Å². The number of hydrogen-bond acceptors (Lipinski definition) is 3. The van der Waals surface area contributed by atoms with Crippen LogP contribution in [-0.4, -0.2) is 12.5 Å². The Balaban J connectivity index is 1.66. The van der Waals surface area contributed by atoms with Gasteiger partial charge >= 0.3 is 0 Å². The molecule has 2 aromatic rings. The van der Waals surface area contributed by atoms with E-state index in [1.807, 2.05) is 30.3 Å². The van der Waals surface area contributed by atoms with E-state index in [0.29, 0.717) is 12.3 Å². The fourth-order valence-corrected chi connectivity index (χ4v) is 1.56. The molecule has 0 aliphatic carbocycles. The average molecular weight is 274 g/mol. The van der Waals surface area contributed by atoms with Gasteiger partial charge in [-0.3, -0.25) is 9.63 Å². The van der Waals surface area contributed by atoms with Crippen molar-refractivity contribution in [3.8, 4) is 0 Å². The van der Waals surface area contributed by atoms with Crippen LogP contribution in [0, 0.1) is 5.82 Å². The molecule has 0 saturated carbocycles. The number of anilines is 1. The first-order chi connectivity index (χ1) is 9.74. The molecule has 0 aliphatic heterocycles. The molecule has 0 fully saturated rings. The van der Waals surface area contributed by atoms with Gasteiger partial charge in [-0.15, -0.1) is 0 Å². The van der Waals surface area contributed by atoms with Crippen molar-refractivity contribution in [2.45, 2.75) is 6.61 Å². The molecular weight excluding hydrogens is 259 g/mol. The van der Waals surface area contributed by atoms with E-state index in [1.54, 1.807) is 0 Å². The first-order valence-corrected chi connectivity index (χ1v) is 6.18. The Morgan fingerprint density at radius 1 is 1.05 bits per heavy atom. The van der Waals surface area contributed by atoms with Crippen LogP contribution in [0.25, 0.3) is 0 Å². The van der Waals surface area contributed by atoms with Gasteiger partial charge in [0.25, 0.3) is 0 Å². The lowest BCUT2D eigenvalue weighted by molar-refractivity contribution is -0.118. The maximum atomic E-state index is 12.7. The number of hydroxylamine groups is 1. The molecule has 2 N–H and O–H groups in total. The molecule has 0 aromatic heterocycles. The van der Waals surface area contributed by atoms with Crippen molar-refractivity contribution in [2.24, 2.45) is 0 Å². The number of amides is 1. The Morgan fingerprint density at radius 3 is 2.45 bits per heavy atom. The van der Waals surface area contributed by atoms with Crippen molar-refractivity contribution in [1.82, 2.24) is 5.48 Å². The van der Waals surface area contributed by atoms with E-state index in [-0.39, 0.29) is 18.3 Å². The maximum Gasteiger partial charge on any atom is 0.240 e. The molecule has 0 aliphatic rings. The summed E-state index contributed by atoms with van der Waals surface area (Å²) in [6, 6.07) is 15.2. The Hall–Kier alpha value is -2.24. The summed E-state index contributed by atoms with van der Waals surface area (Å²) in [5, 5.41) is 2.62. The summed E-state index contributed by atoms with van der Waals surface area (Å²) in [5.74, 6) is -0.600. The van der Waals surface area contributed by atoms with E-state index in [1.165, 1.54) is 24.3 Å². The normalized spacial score (nSPS) is 10.2. The summed E-state index contributed by atoms with van der Waals surface area (Å²) in [7, 11) is 0. The molecule has 4 nitrogen and oxygen atoms in total. The monoisotopic (exact) mass is 274 g/mol. The van der Waals surface area contributed by atoms with Gasteiger partial charge in [0, 0.05) is 5.69 Å². The second-order valence-corrected chi connectivity index (χ2v) is 4.15. The number of benzene rings is 2. The Bertz CT molecular complexity index is 544. The third-order valence-electron chi connectivity index (χ3n) is 2.54. The smallest absolute Gasteiger partial charge is 0.240 e. The van der Waals surface area contributed by atoms with Crippen molar-refractivity contribution in [3.05, 3.63) is 66.0 Å². The van der Waals surface area contributed by atoms with Gasteiger partial charge in [0.1, 0.15) is 12.4 Å². The zero-order chi connectivity index (χ0) is 14.2. The molecule has 0 saturated heterocycles. The highest BCUT2D eigenvalue weighted by molar-refractivity contribution is 5.92. The molecule has 0 bridgehead atoms. The zero-order valence-corrected chi connectivity index (χ0v) is 10.8. The Kier molecular flexibility index (Phi) is 5.23. The largest absolute Gasteiger partial charge is 0.325 e. The molecule has 0 heterocycles. The number of carbonyl (C=O) groups is 1. The SMILES string of the molecule is O=C(CNOCc1ccccc1)Nc1ccc(F)cc1. The summed E-state index contributed by atoms with van der Waals surface area (Å²) in [6.07, 6.45) is 0. The van der Waals surface area contributed by atoms with Gasteiger partial charge < -0.3 is 5.32 Å². The lowest BCUT2D eigenvalue weighted by atomic mass is 10.2. The molecule has 0 unspecified atom stereocenters. The summed E-state index contributed by atoms with van der Waals surface area (Å²) in [4.78, 5) is 16.7. The van der Waals surface area contributed by atoms with Crippen LogP contribution < -0.4 is 10.8 Å². The van der Waals surface area contributed by atoms with Crippen LogP contribution in [0.5, 0.6) is 0 Å². The van der Waals surface area contributed by atoms with Crippen molar-refractivity contribution in [1.29, 1.82) is 0 Å². The predicted molar refractivity (Wildman–Crippen MR) is 74.3 cm³/mol. The van der Waals surface area contributed by atoms with E-state index in [0.717, 1.165) is 5.56 Å². The summed E-state index contributed by atoms with van der Waals surface area (Å²) in [5.41, 5.74) is 4.13. The molecule has 0 atom stereocenters. The topological polar surface area (TPSA) is 50.4 Å². The highest BCUT2D eigenvalue weighted by atomic mass is 19.1. The number of carbonyl (C=O) groups excluding carboxylic acids is 1. The first-order valence-electron chi connectivity index (χ1n) is 6.18. The van der Waals surface area contributed by atoms with Crippen molar-refractivity contribution < 1.29 is 14.0 Å². The number of hydrogen-bond donors (Lipinski definition) is 2. The second-order valence-electron chi connectivity index (χ2n) is 4.15. The quantitative estimate of drug-likeness (QED) is 0.628. The van der Waals surface area contributed by atoms with Gasteiger partial charge in [-0.1, -0.05) is 30.3 Å². The van der Waals surface area contributed by atoms with Gasteiger partial charge in [0.15, 0.2) is 0 Å². The molecule has 0 spiro atoms. The standard InChI is InChI=1S/C15H15FN2O2/c16-13-6-8-14(9-7-13)18-15(19)10-17-20-11-12-4-2-1-3-5-12/h1-9,17H,10-11H2,(H,18,19). The molecule has 2 rings (SSSR count). The van der Waals surface area contributed by atoms with E-state index in [4.69, 9.17) is 4.84 Å². The fourth-order valence-electron chi connectivity index (χ4n) is 1.56. The minimum atomic E-state index is -0.340. The van der Waals surface area contributed by atoms with E-state index < -0.39 is 0 Å². The van der Waals surface area contributed by atoms with Crippen LogP contribution in [0.2, 0.25) is 0 Å². The fraction of sp³-hybridized carbons (Fsp3) is 0.133. The van der Waals surface area contributed by atoms with E-state index >= 15 is 0 Å². The van der Waals surface area contributed by atoms with Crippen LogP contribution in [-0.2, 0) is 16.2 Å². The predicted octanol–water partition coefficient (Wildman–Crippen LogP) is 2.49.